The number of nitrogens with one attached hydrogen (secondary N) is 1. The predicted octanol–water partition coefficient (Wildman–Crippen LogP) is 0.806. The molecule has 1 unspecified atom stereocenters. The quantitative estimate of drug-likeness (QED) is 0.374. The first-order chi connectivity index (χ1) is 6.13. The van der Waals surface area contributed by atoms with Crippen LogP contribution < -0.4 is 11.2 Å². The number of guanidine groups is 1. The summed E-state index contributed by atoms with van der Waals surface area (Å²) in [5, 5.41) is 11.2. The number of aromatic nitrogens is 1. The third-order valence-electron chi connectivity index (χ3n) is 1.44. The summed E-state index contributed by atoms with van der Waals surface area (Å²) in [5.74, 6) is 0.000327. The first-order valence-corrected chi connectivity index (χ1v) is 4.67. The molecule has 0 saturated carbocycles. The predicted molar refractivity (Wildman–Crippen MR) is 51.8 cm³/mol. The number of rotatable bonds is 2. The fourth-order valence-electron chi connectivity index (χ4n) is 0.857. The van der Waals surface area contributed by atoms with Gasteiger partial charge >= 0.3 is 0 Å². The number of aryl methyl sites for hydroxylation is 1. The second-order valence-corrected chi connectivity index (χ2v) is 3.52. The van der Waals surface area contributed by atoms with Crippen molar-refractivity contribution in [1.29, 1.82) is 0 Å². The molecule has 13 heavy (non-hydrogen) atoms. The van der Waals surface area contributed by atoms with Crippen LogP contribution in [0.1, 0.15) is 23.7 Å². The maximum Gasteiger partial charge on any atom is 0.213 e. The van der Waals surface area contributed by atoms with E-state index in [1.54, 1.807) is 5.48 Å². The highest BCUT2D eigenvalue weighted by Gasteiger charge is 2.07. The van der Waals surface area contributed by atoms with Crippen molar-refractivity contribution in [2.24, 2.45) is 10.7 Å². The zero-order chi connectivity index (χ0) is 9.84. The molecule has 0 fully saturated rings. The van der Waals surface area contributed by atoms with Gasteiger partial charge in [0.25, 0.3) is 0 Å². The van der Waals surface area contributed by atoms with Crippen molar-refractivity contribution in [2.45, 2.75) is 19.9 Å². The van der Waals surface area contributed by atoms with Crippen molar-refractivity contribution in [3.63, 3.8) is 0 Å². The first-order valence-electron chi connectivity index (χ1n) is 3.79. The fourth-order valence-corrected chi connectivity index (χ4v) is 1.65. The van der Waals surface area contributed by atoms with Gasteiger partial charge in [0, 0.05) is 11.1 Å². The maximum atomic E-state index is 8.41. The van der Waals surface area contributed by atoms with Gasteiger partial charge in [-0.3, -0.25) is 5.21 Å². The lowest BCUT2D eigenvalue weighted by atomic mass is 10.4. The molecule has 1 aromatic rings. The Labute approximate surface area is 80.3 Å². The van der Waals surface area contributed by atoms with Crippen LogP contribution in [0.2, 0.25) is 0 Å². The summed E-state index contributed by atoms with van der Waals surface area (Å²) >= 11 is 1.53. The van der Waals surface area contributed by atoms with Crippen LogP contribution in [0.5, 0.6) is 0 Å². The molecule has 4 N–H and O–H groups in total. The average molecular weight is 200 g/mol. The van der Waals surface area contributed by atoms with Gasteiger partial charge in [-0.2, -0.15) is 0 Å². The molecule has 0 bridgehead atoms. The Morgan fingerprint density at radius 2 is 2.54 bits per heavy atom. The minimum absolute atomic E-state index is 0.000327. The molecular formula is C7H12N4OS. The Balaban J connectivity index is 2.74. The molecule has 0 radical (unpaired) electrons. The van der Waals surface area contributed by atoms with Crippen LogP contribution in [0.25, 0.3) is 0 Å². The number of hydrogen-bond acceptors (Lipinski definition) is 4. The van der Waals surface area contributed by atoms with Gasteiger partial charge < -0.3 is 5.73 Å². The SMILES string of the molecule is Cc1csc(C(C)N=C(N)NO)n1. The molecule has 1 aromatic heterocycles. The highest BCUT2D eigenvalue weighted by Crippen LogP contribution is 2.20. The van der Waals surface area contributed by atoms with E-state index in [1.807, 2.05) is 19.2 Å². The minimum Gasteiger partial charge on any atom is -0.368 e. The smallest absolute Gasteiger partial charge is 0.213 e. The molecular weight excluding hydrogens is 188 g/mol. The second kappa shape index (κ2) is 4.20. The van der Waals surface area contributed by atoms with Crippen LogP contribution in [0, 0.1) is 6.92 Å². The van der Waals surface area contributed by atoms with Gasteiger partial charge in [-0.15, -0.1) is 11.3 Å². The van der Waals surface area contributed by atoms with Gasteiger partial charge in [0.15, 0.2) is 0 Å². The molecule has 0 aliphatic carbocycles. The van der Waals surface area contributed by atoms with E-state index >= 15 is 0 Å². The van der Waals surface area contributed by atoms with E-state index in [0.29, 0.717) is 0 Å². The molecule has 6 heteroatoms. The van der Waals surface area contributed by atoms with E-state index in [2.05, 4.69) is 9.98 Å². The van der Waals surface area contributed by atoms with Crippen molar-refractivity contribution < 1.29 is 5.21 Å². The van der Waals surface area contributed by atoms with Crippen LogP contribution in [-0.2, 0) is 0 Å². The fraction of sp³-hybridized carbons (Fsp3) is 0.429. The molecule has 0 aliphatic rings. The average Bonchev–Trinajstić information content (AvgIpc) is 2.51. The van der Waals surface area contributed by atoms with Gasteiger partial charge in [0.05, 0.1) is 0 Å². The van der Waals surface area contributed by atoms with Crippen molar-refractivity contribution in [1.82, 2.24) is 10.5 Å². The lowest BCUT2D eigenvalue weighted by molar-refractivity contribution is 0.232. The topological polar surface area (TPSA) is 83.5 Å². The highest BCUT2D eigenvalue weighted by atomic mass is 32.1. The van der Waals surface area contributed by atoms with E-state index in [9.17, 15) is 0 Å². The Morgan fingerprint density at radius 1 is 1.85 bits per heavy atom. The number of hydroxylamine groups is 1. The molecule has 1 rings (SSSR count). The van der Waals surface area contributed by atoms with Crippen LogP contribution in [0.3, 0.4) is 0 Å². The molecule has 5 nitrogen and oxygen atoms in total. The molecule has 72 valence electrons. The number of hydrogen-bond donors (Lipinski definition) is 3. The van der Waals surface area contributed by atoms with Crippen molar-refractivity contribution >= 4 is 17.3 Å². The van der Waals surface area contributed by atoms with Crippen LogP contribution >= 0.6 is 11.3 Å². The van der Waals surface area contributed by atoms with Gasteiger partial charge in [0.1, 0.15) is 11.0 Å². The Kier molecular flexibility index (Phi) is 3.21. The summed E-state index contributed by atoms with van der Waals surface area (Å²) in [5.41, 5.74) is 8.03. The molecule has 1 atom stereocenters. The van der Waals surface area contributed by atoms with Crippen LogP contribution in [-0.4, -0.2) is 16.2 Å². The molecule has 0 spiro atoms. The number of nitrogens with zero attached hydrogens (tertiary/aromatic N) is 2. The third kappa shape index (κ3) is 2.67. The normalized spacial score (nSPS) is 14.2. The van der Waals surface area contributed by atoms with Gasteiger partial charge in [-0.05, 0) is 13.8 Å². The van der Waals surface area contributed by atoms with Gasteiger partial charge in [-0.1, -0.05) is 0 Å². The minimum atomic E-state index is -0.127. The Morgan fingerprint density at radius 3 is 3.00 bits per heavy atom. The van der Waals surface area contributed by atoms with E-state index in [4.69, 9.17) is 10.9 Å². The summed E-state index contributed by atoms with van der Waals surface area (Å²) in [4.78, 5) is 8.20. The van der Waals surface area contributed by atoms with Crippen molar-refractivity contribution in [2.75, 3.05) is 0 Å². The van der Waals surface area contributed by atoms with Crippen molar-refractivity contribution in [3.8, 4) is 0 Å². The first kappa shape index (κ1) is 9.94. The molecule has 0 amide bonds. The van der Waals surface area contributed by atoms with Gasteiger partial charge in [-0.25, -0.2) is 15.5 Å². The number of aliphatic imine (C=N–C) groups is 1. The number of thiazole rings is 1. The van der Waals surface area contributed by atoms with Crippen LogP contribution in [0.4, 0.5) is 0 Å². The second-order valence-electron chi connectivity index (χ2n) is 2.63. The molecule has 0 aliphatic heterocycles. The van der Waals surface area contributed by atoms with Crippen molar-refractivity contribution in [3.05, 3.63) is 16.1 Å². The lowest BCUT2D eigenvalue weighted by Crippen LogP contribution is -2.28. The highest BCUT2D eigenvalue weighted by molar-refractivity contribution is 7.09. The third-order valence-corrected chi connectivity index (χ3v) is 2.57. The maximum absolute atomic E-state index is 8.41. The van der Waals surface area contributed by atoms with E-state index in [1.165, 1.54) is 11.3 Å². The number of nitrogens with two attached hydrogens (primary N) is 1. The van der Waals surface area contributed by atoms with E-state index in [-0.39, 0.29) is 12.0 Å². The monoisotopic (exact) mass is 200 g/mol. The van der Waals surface area contributed by atoms with E-state index < -0.39 is 0 Å². The Bertz CT molecular complexity index is 309. The van der Waals surface area contributed by atoms with Crippen LogP contribution in [0.15, 0.2) is 10.4 Å². The largest absolute Gasteiger partial charge is 0.368 e. The summed E-state index contributed by atoms with van der Waals surface area (Å²) in [6.07, 6.45) is 0. The zero-order valence-corrected chi connectivity index (χ0v) is 8.30. The molecule has 0 saturated heterocycles. The standard InChI is InChI=1S/C7H12N4OS/c1-4-3-13-6(9-4)5(2)10-7(8)11-12/h3,5,12H,1-2H3,(H3,8,10,11). The molecule has 0 aromatic carbocycles. The Hall–Kier alpha value is -1.14. The zero-order valence-electron chi connectivity index (χ0n) is 7.48. The summed E-state index contributed by atoms with van der Waals surface area (Å²) < 4.78 is 0. The van der Waals surface area contributed by atoms with Gasteiger partial charge in [0.2, 0.25) is 5.96 Å². The molecule has 1 heterocycles. The lowest BCUT2D eigenvalue weighted by Gasteiger charge is -2.03. The van der Waals surface area contributed by atoms with E-state index in [0.717, 1.165) is 10.7 Å². The summed E-state index contributed by atoms with van der Waals surface area (Å²) in [6, 6.07) is -0.127. The summed E-state index contributed by atoms with van der Waals surface area (Å²) in [6.45, 7) is 3.78. The summed E-state index contributed by atoms with van der Waals surface area (Å²) in [7, 11) is 0.